The van der Waals surface area contributed by atoms with E-state index >= 15 is 0 Å². The van der Waals surface area contributed by atoms with E-state index in [2.05, 4.69) is 5.32 Å². The first-order valence-corrected chi connectivity index (χ1v) is 6.32. The summed E-state index contributed by atoms with van der Waals surface area (Å²) in [4.78, 5) is 0. The molecule has 108 valence electrons. The van der Waals surface area contributed by atoms with Gasteiger partial charge in [0.1, 0.15) is 0 Å². The van der Waals surface area contributed by atoms with E-state index in [0.29, 0.717) is 6.54 Å². The van der Waals surface area contributed by atoms with E-state index in [4.69, 9.17) is 4.74 Å². The fourth-order valence-corrected chi connectivity index (χ4v) is 1.89. The van der Waals surface area contributed by atoms with Crippen molar-refractivity contribution in [2.75, 3.05) is 20.2 Å². The third kappa shape index (κ3) is 6.07. The molecule has 0 aliphatic heterocycles. The fourth-order valence-electron chi connectivity index (χ4n) is 1.89. The topological polar surface area (TPSA) is 21.3 Å². The molecule has 0 radical (unpaired) electrons. The van der Waals surface area contributed by atoms with Gasteiger partial charge in [0.05, 0.1) is 6.10 Å². The molecule has 0 amide bonds. The molecular weight excluding hydrogens is 255 g/mol. The van der Waals surface area contributed by atoms with Crippen molar-refractivity contribution in [3.8, 4) is 0 Å². The standard InChI is InChI=1S/C14H20F3NO/c1-11-6-3-4-7-12(11)13(10-18-2)19-9-5-8-14(15,16)17/h3-4,6-7,13,18H,5,8-10H2,1-2H3. The molecule has 0 saturated heterocycles. The van der Waals surface area contributed by atoms with Crippen LogP contribution >= 0.6 is 0 Å². The number of nitrogens with one attached hydrogen (secondary N) is 1. The number of hydrogen-bond donors (Lipinski definition) is 1. The number of aryl methyl sites for hydroxylation is 1. The molecule has 0 aliphatic carbocycles. The molecule has 1 N–H and O–H groups in total. The maximum atomic E-state index is 12.0. The summed E-state index contributed by atoms with van der Waals surface area (Å²) in [5.41, 5.74) is 2.10. The van der Waals surface area contributed by atoms with Crippen molar-refractivity contribution in [3.05, 3.63) is 35.4 Å². The van der Waals surface area contributed by atoms with Gasteiger partial charge in [-0.05, 0) is 31.5 Å². The normalized spacial score (nSPS) is 13.5. The van der Waals surface area contributed by atoms with Gasteiger partial charge in [-0.2, -0.15) is 13.2 Å². The zero-order valence-electron chi connectivity index (χ0n) is 11.3. The second-order valence-electron chi connectivity index (χ2n) is 4.49. The summed E-state index contributed by atoms with van der Waals surface area (Å²) in [6.45, 7) is 2.66. The lowest BCUT2D eigenvalue weighted by molar-refractivity contribution is -0.138. The molecule has 0 heterocycles. The van der Waals surface area contributed by atoms with Crippen LogP contribution in [0.25, 0.3) is 0 Å². The fraction of sp³-hybridized carbons (Fsp3) is 0.571. The quantitative estimate of drug-likeness (QED) is 0.767. The maximum Gasteiger partial charge on any atom is 0.389 e. The molecule has 1 aromatic rings. The van der Waals surface area contributed by atoms with Crippen LogP contribution in [-0.4, -0.2) is 26.4 Å². The average Bonchev–Trinajstić information content (AvgIpc) is 2.33. The van der Waals surface area contributed by atoms with E-state index in [9.17, 15) is 13.2 Å². The largest absolute Gasteiger partial charge is 0.389 e. The van der Waals surface area contributed by atoms with Gasteiger partial charge in [0, 0.05) is 19.6 Å². The van der Waals surface area contributed by atoms with E-state index in [0.717, 1.165) is 11.1 Å². The lowest BCUT2D eigenvalue weighted by atomic mass is 10.0. The van der Waals surface area contributed by atoms with Crippen LogP contribution in [0.15, 0.2) is 24.3 Å². The molecule has 1 aromatic carbocycles. The van der Waals surface area contributed by atoms with Gasteiger partial charge in [-0.3, -0.25) is 0 Å². The van der Waals surface area contributed by atoms with E-state index < -0.39 is 12.6 Å². The van der Waals surface area contributed by atoms with Crippen LogP contribution in [0.2, 0.25) is 0 Å². The molecule has 0 fully saturated rings. The molecule has 0 bridgehead atoms. The Bertz CT molecular complexity index is 379. The van der Waals surface area contributed by atoms with Gasteiger partial charge < -0.3 is 10.1 Å². The number of halogens is 3. The number of ether oxygens (including phenoxy) is 1. The summed E-state index contributed by atoms with van der Waals surface area (Å²) >= 11 is 0. The predicted molar refractivity (Wildman–Crippen MR) is 69.1 cm³/mol. The summed E-state index contributed by atoms with van der Waals surface area (Å²) in [7, 11) is 1.80. The number of benzene rings is 1. The molecule has 1 rings (SSSR count). The Kier molecular flexibility index (Phi) is 6.31. The van der Waals surface area contributed by atoms with Crippen molar-refractivity contribution < 1.29 is 17.9 Å². The SMILES string of the molecule is CNCC(OCCCC(F)(F)F)c1ccccc1C. The van der Waals surface area contributed by atoms with Crippen LogP contribution in [0, 0.1) is 6.92 Å². The van der Waals surface area contributed by atoms with Gasteiger partial charge in [0.2, 0.25) is 0 Å². The smallest absolute Gasteiger partial charge is 0.372 e. The Morgan fingerprint density at radius 2 is 1.95 bits per heavy atom. The second-order valence-corrected chi connectivity index (χ2v) is 4.49. The summed E-state index contributed by atoms with van der Waals surface area (Å²) in [6, 6.07) is 7.75. The van der Waals surface area contributed by atoms with E-state index in [1.807, 2.05) is 31.2 Å². The number of hydrogen-bond acceptors (Lipinski definition) is 2. The van der Waals surface area contributed by atoms with Crippen molar-refractivity contribution in [1.29, 1.82) is 0 Å². The highest BCUT2D eigenvalue weighted by Gasteiger charge is 2.26. The van der Waals surface area contributed by atoms with Gasteiger partial charge in [0.25, 0.3) is 0 Å². The zero-order chi connectivity index (χ0) is 14.3. The van der Waals surface area contributed by atoms with Crippen LogP contribution < -0.4 is 5.32 Å². The minimum absolute atomic E-state index is 0.00437. The molecule has 1 atom stereocenters. The Morgan fingerprint density at radius 1 is 1.26 bits per heavy atom. The Labute approximate surface area is 112 Å². The van der Waals surface area contributed by atoms with Crippen LogP contribution in [0.3, 0.4) is 0 Å². The average molecular weight is 275 g/mol. The van der Waals surface area contributed by atoms with E-state index in [-0.39, 0.29) is 19.1 Å². The van der Waals surface area contributed by atoms with Crippen molar-refractivity contribution in [2.45, 2.75) is 32.0 Å². The Balaban J connectivity index is 2.52. The lowest BCUT2D eigenvalue weighted by Crippen LogP contribution is -2.21. The molecule has 0 spiro atoms. The van der Waals surface area contributed by atoms with Gasteiger partial charge in [-0.25, -0.2) is 0 Å². The zero-order valence-corrected chi connectivity index (χ0v) is 11.3. The highest BCUT2D eigenvalue weighted by atomic mass is 19.4. The summed E-state index contributed by atoms with van der Waals surface area (Å²) in [5.74, 6) is 0. The summed E-state index contributed by atoms with van der Waals surface area (Å²) in [6.07, 6.45) is -5.12. The van der Waals surface area contributed by atoms with Gasteiger partial charge in [-0.15, -0.1) is 0 Å². The van der Waals surface area contributed by atoms with Gasteiger partial charge in [0.15, 0.2) is 0 Å². The summed E-state index contributed by atoms with van der Waals surface area (Å²) < 4.78 is 41.7. The van der Waals surface area contributed by atoms with Crippen LogP contribution in [-0.2, 0) is 4.74 Å². The molecule has 19 heavy (non-hydrogen) atoms. The number of rotatable bonds is 7. The third-order valence-corrected chi connectivity index (χ3v) is 2.85. The Morgan fingerprint density at radius 3 is 2.53 bits per heavy atom. The monoisotopic (exact) mass is 275 g/mol. The molecule has 0 aromatic heterocycles. The lowest BCUT2D eigenvalue weighted by Gasteiger charge is -2.20. The van der Waals surface area contributed by atoms with Crippen LogP contribution in [0.4, 0.5) is 13.2 Å². The second kappa shape index (κ2) is 7.50. The molecule has 0 saturated carbocycles. The highest BCUT2D eigenvalue weighted by molar-refractivity contribution is 5.28. The molecule has 5 heteroatoms. The van der Waals surface area contributed by atoms with Gasteiger partial charge in [-0.1, -0.05) is 24.3 Å². The first-order valence-electron chi connectivity index (χ1n) is 6.32. The van der Waals surface area contributed by atoms with Crippen molar-refractivity contribution in [1.82, 2.24) is 5.32 Å². The van der Waals surface area contributed by atoms with Crippen LogP contribution in [0.5, 0.6) is 0 Å². The molecule has 0 aliphatic rings. The maximum absolute atomic E-state index is 12.0. The van der Waals surface area contributed by atoms with Crippen LogP contribution in [0.1, 0.15) is 30.1 Å². The van der Waals surface area contributed by atoms with E-state index in [1.165, 1.54) is 0 Å². The van der Waals surface area contributed by atoms with E-state index in [1.54, 1.807) is 7.05 Å². The molecular formula is C14H20F3NO. The minimum atomic E-state index is -4.11. The first kappa shape index (κ1) is 16.0. The minimum Gasteiger partial charge on any atom is -0.372 e. The highest BCUT2D eigenvalue weighted by Crippen LogP contribution is 2.24. The van der Waals surface area contributed by atoms with Crippen molar-refractivity contribution in [2.24, 2.45) is 0 Å². The van der Waals surface area contributed by atoms with Crippen molar-refractivity contribution >= 4 is 0 Å². The molecule has 1 unspecified atom stereocenters. The predicted octanol–water partition coefficient (Wildman–Crippen LogP) is 3.61. The van der Waals surface area contributed by atoms with Crippen molar-refractivity contribution in [3.63, 3.8) is 0 Å². The third-order valence-electron chi connectivity index (χ3n) is 2.85. The van der Waals surface area contributed by atoms with Gasteiger partial charge >= 0.3 is 6.18 Å². The summed E-state index contributed by atoms with van der Waals surface area (Å²) in [5, 5.41) is 3.00. The first-order chi connectivity index (χ1) is 8.94. The Hall–Kier alpha value is -1.07. The molecule has 2 nitrogen and oxygen atoms in total. The number of likely N-dealkylation sites (N-methyl/N-ethyl adjacent to an activating group) is 1. The number of alkyl halides is 3.